The summed E-state index contributed by atoms with van der Waals surface area (Å²) in [5, 5.41) is 11.1. The first-order chi connectivity index (χ1) is 7.45. The fourth-order valence-electron chi connectivity index (χ4n) is 0.979. The van der Waals surface area contributed by atoms with Crippen molar-refractivity contribution < 1.29 is 24.3 Å². The summed E-state index contributed by atoms with van der Waals surface area (Å²) in [6, 6.07) is 0. The molecular weight excluding hydrogens is 214 g/mol. The lowest BCUT2D eigenvalue weighted by molar-refractivity contribution is -0.130. The highest BCUT2D eigenvalue weighted by Gasteiger charge is 2.08. The number of hydrogen-bond donors (Lipinski definition) is 1. The Morgan fingerprint density at radius 3 is 2.00 bits per heavy atom. The molecule has 16 heavy (non-hydrogen) atoms. The number of nitrogens with zero attached hydrogens (tertiary/aromatic N) is 1. The molecule has 6 heteroatoms. The third kappa shape index (κ3) is 7.81. The summed E-state index contributed by atoms with van der Waals surface area (Å²) >= 11 is 0. The van der Waals surface area contributed by atoms with Crippen LogP contribution in [0.15, 0.2) is 5.16 Å². The van der Waals surface area contributed by atoms with E-state index in [4.69, 9.17) is 9.94 Å². The molecule has 0 aliphatic carbocycles. The van der Waals surface area contributed by atoms with E-state index in [0.717, 1.165) is 0 Å². The fraction of sp³-hybridized carbons (Fsp3) is 0.600. The topological polar surface area (TPSA) is 93.0 Å². The van der Waals surface area contributed by atoms with Crippen molar-refractivity contribution in [3.8, 4) is 0 Å². The first-order valence-corrected chi connectivity index (χ1v) is 4.73. The number of carbonyl (C=O) groups excluding carboxylic acids is 3. The minimum absolute atomic E-state index is 0.0165. The maximum absolute atomic E-state index is 11.1. The zero-order valence-corrected chi connectivity index (χ0v) is 9.36. The van der Waals surface area contributed by atoms with Crippen LogP contribution in [0.3, 0.4) is 0 Å². The van der Waals surface area contributed by atoms with E-state index in [-0.39, 0.29) is 49.1 Å². The van der Waals surface area contributed by atoms with Crippen LogP contribution in [0, 0.1) is 0 Å². The van der Waals surface area contributed by atoms with Gasteiger partial charge in [0.25, 0.3) is 0 Å². The average Bonchev–Trinajstić information content (AvgIpc) is 2.16. The summed E-state index contributed by atoms with van der Waals surface area (Å²) in [5.41, 5.74) is 0.281. The van der Waals surface area contributed by atoms with Gasteiger partial charge in [0.2, 0.25) is 0 Å². The van der Waals surface area contributed by atoms with Crippen molar-refractivity contribution in [2.45, 2.75) is 26.7 Å². The molecule has 0 atom stereocenters. The maximum Gasteiger partial charge on any atom is 0.165 e. The Bertz CT molecular complexity index is 308. The molecule has 0 aromatic carbocycles. The van der Waals surface area contributed by atoms with Crippen LogP contribution in [0.25, 0.3) is 0 Å². The van der Waals surface area contributed by atoms with Crippen LogP contribution in [-0.4, -0.2) is 41.5 Å². The van der Waals surface area contributed by atoms with Gasteiger partial charge in [0.1, 0.15) is 19.0 Å². The molecule has 0 aliphatic rings. The molecule has 6 nitrogen and oxygen atoms in total. The lowest BCUT2D eigenvalue weighted by Crippen LogP contribution is -2.17. The second-order valence-electron chi connectivity index (χ2n) is 3.46. The molecule has 0 heterocycles. The average molecular weight is 229 g/mol. The Hall–Kier alpha value is -1.56. The molecular formula is C10H15NO5. The number of rotatable bonds is 8. The van der Waals surface area contributed by atoms with Gasteiger partial charge in [-0.25, -0.2) is 0 Å². The van der Waals surface area contributed by atoms with E-state index in [9.17, 15) is 14.4 Å². The fourth-order valence-corrected chi connectivity index (χ4v) is 0.979. The van der Waals surface area contributed by atoms with Crippen LogP contribution in [0.1, 0.15) is 26.7 Å². The number of ether oxygens (including phenoxy) is 1. The van der Waals surface area contributed by atoms with Crippen molar-refractivity contribution >= 4 is 23.1 Å². The minimum Gasteiger partial charge on any atom is -0.411 e. The molecule has 90 valence electrons. The van der Waals surface area contributed by atoms with E-state index in [0.29, 0.717) is 0 Å². The molecule has 1 N–H and O–H groups in total. The zero-order valence-electron chi connectivity index (χ0n) is 9.36. The van der Waals surface area contributed by atoms with Crippen molar-refractivity contribution in [3.63, 3.8) is 0 Å². The molecule has 0 fully saturated rings. The first-order valence-electron chi connectivity index (χ1n) is 4.73. The predicted molar refractivity (Wildman–Crippen MR) is 55.6 cm³/mol. The van der Waals surface area contributed by atoms with Gasteiger partial charge in [0, 0.05) is 0 Å². The van der Waals surface area contributed by atoms with Crippen molar-refractivity contribution in [3.05, 3.63) is 0 Å². The van der Waals surface area contributed by atoms with Gasteiger partial charge in [0.15, 0.2) is 11.6 Å². The summed E-state index contributed by atoms with van der Waals surface area (Å²) in [6.07, 6.45) is -0.192. The first kappa shape index (κ1) is 14.4. The van der Waals surface area contributed by atoms with Crippen LogP contribution < -0.4 is 0 Å². The maximum atomic E-state index is 11.1. The van der Waals surface area contributed by atoms with E-state index in [2.05, 4.69) is 5.16 Å². The molecule has 0 saturated carbocycles. The quantitative estimate of drug-likeness (QED) is 0.281. The van der Waals surface area contributed by atoms with Crippen LogP contribution >= 0.6 is 0 Å². The molecule has 0 amide bonds. The lowest BCUT2D eigenvalue weighted by Gasteiger charge is -2.01. The van der Waals surface area contributed by atoms with Gasteiger partial charge in [-0.3, -0.25) is 14.4 Å². The van der Waals surface area contributed by atoms with Gasteiger partial charge in [-0.15, -0.1) is 0 Å². The number of hydrogen-bond acceptors (Lipinski definition) is 6. The normalized spacial score (nSPS) is 11.2. The number of ketones is 3. The van der Waals surface area contributed by atoms with Crippen LogP contribution in [0.5, 0.6) is 0 Å². The highest BCUT2D eigenvalue weighted by atomic mass is 16.5. The Morgan fingerprint density at radius 2 is 1.56 bits per heavy atom. The summed E-state index contributed by atoms with van der Waals surface area (Å²) in [4.78, 5) is 32.7. The van der Waals surface area contributed by atoms with Crippen LogP contribution in [0.4, 0.5) is 0 Å². The summed E-state index contributed by atoms with van der Waals surface area (Å²) < 4.78 is 4.82. The number of Topliss-reactive ketones (excluding diaryl/α,β-unsaturated/α-hetero) is 3. The third-order valence-corrected chi connectivity index (χ3v) is 1.60. The molecule has 0 aromatic heterocycles. The Balaban J connectivity index is 3.70. The highest BCUT2D eigenvalue weighted by molar-refractivity contribution is 6.01. The zero-order chi connectivity index (χ0) is 12.6. The van der Waals surface area contributed by atoms with Crippen molar-refractivity contribution in [2.24, 2.45) is 5.16 Å². The van der Waals surface area contributed by atoms with E-state index >= 15 is 0 Å². The Morgan fingerprint density at radius 1 is 1.06 bits per heavy atom. The van der Waals surface area contributed by atoms with Crippen molar-refractivity contribution in [1.82, 2.24) is 0 Å². The molecule has 0 bridgehead atoms. The Labute approximate surface area is 93.3 Å². The molecule has 0 unspecified atom stereocenters. The van der Waals surface area contributed by atoms with Gasteiger partial charge in [-0.05, 0) is 13.8 Å². The summed E-state index contributed by atoms with van der Waals surface area (Å²) in [7, 11) is 0. The molecule has 0 saturated heterocycles. The van der Waals surface area contributed by atoms with Crippen LogP contribution in [-0.2, 0) is 19.1 Å². The van der Waals surface area contributed by atoms with Crippen LogP contribution in [0.2, 0.25) is 0 Å². The molecule has 0 rings (SSSR count). The van der Waals surface area contributed by atoms with Gasteiger partial charge in [-0.2, -0.15) is 0 Å². The van der Waals surface area contributed by atoms with E-state index in [1.54, 1.807) is 0 Å². The van der Waals surface area contributed by atoms with E-state index in [1.165, 1.54) is 13.8 Å². The molecule has 0 spiro atoms. The highest BCUT2D eigenvalue weighted by Crippen LogP contribution is 1.91. The Kier molecular flexibility index (Phi) is 6.95. The standard InChI is InChI=1S/C10H15NO5/c1-7(11-15)3-9(13)5-16-6-10(14)4-8(2)12/h15H,3-6H2,1-2H3. The van der Waals surface area contributed by atoms with Crippen molar-refractivity contribution in [1.29, 1.82) is 0 Å². The number of oxime groups is 1. The number of carbonyl (C=O) groups is 3. The van der Waals surface area contributed by atoms with E-state index in [1.807, 2.05) is 0 Å². The second-order valence-corrected chi connectivity index (χ2v) is 3.46. The van der Waals surface area contributed by atoms with E-state index < -0.39 is 0 Å². The van der Waals surface area contributed by atoms with Gasteiger partial charge in [0.05, 0.1) is 18.6 Å². The monoisotopic (exact) mass is 229 g/mol. The third-order valence-electron chi connectivity index (χ3n) is 1.60. The summed E-state index contributed by atoms with van der Waals surface area (Å²) in [6.45, 7) is 2.33. The molecule has 0 radical (unpaired) electrons. The van der Waals surface area contributed by atoms with Crippen molar-refractivity contribution in [2.75, 3.05) is 13.2 Å². The summed E-state index contributed by atoms with van der Waals surface area (Å²) in [5.74, 6) is -0.873. The molecule has 0 aromatic rings. The SMILES string of the molecule is CC(=O)CC(=O)COCC(=O)CC(C)=NO. The van der Waals surface area contributed by atoms with Gasteiger partial charge >= 0.3 is 0 Å². The predicted octanol–water partition coefficient (Wildman–Crippen LogP) is 0.361. The minimum atomic E-state index is -0.354. The van der Waals surface area contributed by atoms with Gasteiger partial charge in [-0.1, -0.05) is 5.16 Å². The lowest BCUT2D eigenvalue weighted by atomic mass is 10.2. The largest absolute Gasteiger partial charge is 0.411 e. The second kappa shape index (κ2) is 7.70. The smallest absolute Gasteiger partial charge is 0.165 e. The van der Waals surface area contributed by atoms with Gasteiger partial charge < -0.3 is 9.94 Å². The molecule has 0 aliphatic heterocycles.